The Morgan fingerprint density at radius 2 is 1.62 bits per heavy atom. The van der Waals surface area contributed by atoms with Crippen LogP contribution in [0, 0.1) is 5.82 Å². The molecule has 0 bridgehead atoms. The van der Waals surface area contributed by atoms with E-state index >= 15 is 0 Å². The monoisotopic (exact) mass is 337 g/mol. The molecule has 0 spiro atoms. The summed E-state index contributed by atoms with van der Waals surface area (Å²) in [7, 11) is 0. The number of fused-ring (bicyclic) bond motifs is 1. The molecule has 124 valence electrons. The molecule has 0 fully saturated rings. The van der Waals surface area contributed by atoms with Gasteiger partial charge in [-0.25, -0.2) is 9.37 Å². The van der Waals surface area contributed by atoms with Gasteiger partial charge in [0.1, 0.15) is 5.82 Å². The van der Waals surface area contributed by atoms with E-state index < -0.39 is 12.8 Å². The molecule has 3 rings (SSSR count). The van der Waals surface area contributed by atoms with Crippen LogP contribution in [0.15, 0.2) is 42.5 Å². The molecule has 24 heavy (non-hydrogen) atoms. The highest BCUT2D eigenvalue weighted by molar-refractivity contribution is 5.89. The second-order valence-electron chi connectivity index (χ2n) is 5.03. The predicted molar refractivity (Wildman–Crippen MR) is 80.9 cm³/mol. The molecule has 0 atom stereocenters. The Bertz CT molecular complexity index is 879. The first-order valence-corrected chi connectivity index (χ1v) is 6.84. The normalized spacial score (nSPS) is 11.7. The number of rotatable bonds is 3. The van der Waals surface area contributed by atoms with Gasteiger partial charge >= 0.3 is 6.18 Å². The minimum atomic E-state index is -4.50. The highest BCUT2D eigenvalue weighted by Gasteiger charge is 2.29. The average Bonchev–Trinajstić information content (AvgIpc) is 2.52. The van der Waals surface area contributed by atoms with Gasteiger partial charge in [0.05, 0.1) is 10.9 Å². The van der Waals surface area contributed by atoms with Crippen LogP contribution in [0.4, 0.5) is 23.5 Å². The molecule has 0 aliphatic heterocycles. The van der Waals surface area contributed by atoms with E-state index in [1.54, 1.807) is 30.3 Å². The molecule has 8 heteroatoms. The summed E-state index contributed by atoms with van der Waals surface area (Å²) in [5.74, 6) is -0.821. The SMILES string of the molecule is Nc1nc(OCC(F)(F)F)c2cc(-c3ccc(F)cc3)ccc2n1. The molecule has 2 aromatic carbocycles. The van der Waals surface area contributed by atoms with E-state index in [1.165, 1.54) is 12.1 Å². The molecule has 4 nitrogen and oxygen atoms in total. The molecule has 0 saturated carbocycles. The fourth-order valence-corrected chi connectivity index (χ4v) is 2.20. The maximum Gasteiger partial charge on any atom is 0.422 e. The number of hydrogen-bond donors (Lipinski definition) is 1. The van der Waals surface area contributed by atoms with E-state index in [9.17, 15) is 17.6 Å². The number of anilines is 1. The summed E-state index contributed by atoms with van der Waals surface area (Å²) in [6.45, 7) is -1.49. The summed E-state index contributed by atoms with van der Waals surface area (Å²) in [5.41, 5.74) is 7.21. The number of nitrogens with two attached hydrogens (primary N) is 1. The predicted octanol–water partition coefficient (Wildman–Crippen LogP) is 3.96. The first kappa shape index (κ1) is 16.0. The maximum absolute atomic E-state index is 13.0. The van der Waals surface area contributed by atoms with Crippen LogP contribution < -0.4 is 10.5 Å². The van der Waals surface area contributed by atoms with E-state index in [1.807, 2.05) is 0 Å². The number of aromatic nitrogens is 2. The van der Waals surface area contributed by atoms with Crippen molar-refractivity contribution < 1.29 is 22.3 Å². The summed E-state index contributed by atoms with van der Waals surface area (Å²) in [5, 5.41) is 0.287. The Balaban J connectivity index is 2.06. The molecular weight excluding hydrogens is 326 g/mol. The molecule has 0 unspecified atom stereocenters. The smallest absolute Gasteiger partial charge is 0.422 e. The largest absolute Gasteiger partial charge is 0.467 e. The van der Waals surface area contributed by atoms with Gasteiger partial charge in [-0.1, -0.05) is 18.2 Å². The molecule has 0 saturated heterocycles. The summed E-state index contributed by atoms with van der Waals surface area (Å²) >= 11 is 0. The third kappa shape index (κ3) is 3.53. The Labute approximate surface area is 133 Å². The fraction of sp³-hybridized carbons (Fsp3) is 0.125. The minimum absolute atomic E-state index is 0.186. The lowest BCUT2D eigenvalue weighted by Gasteiger charge is -2.12. The van der Waals surface area contributed by atoms with Crippen LogP contribution in [0.5, 0.6) is 5.88 Å². The standard InChI is InChI=1S/C16H11F4N3O/c17-11-4-1-9(2-5-11)10-3-6-13-12(7-10)14(23-15(21)22-13)24-8-16(18,19)20/h1-7H,8H2,(H2,21,22,23). The molecule has 3 aromatic rings. The summed E-state index contributed by atoms with van der Waals surface area (Å²) in [6, 6.07) is 10.6. The van der Waals surface area contributed by atoms with Gasteiger partial charge < -0.3 is 10.5 Å². The summed E-state index contributed by atoms with van der Waals surface area (Å²) in [4.78, 5) is 7.71. The number of hydrogen-bond acceptors (Lipinski definition) is 4. The van der Waals surface area contributed by atoms with Gasteiger partial charge in [-0.05, 0) is 35.4 Å². The summed E-state index contributed by atoms with van der Waals surface area (Å²) < 4.78 is 54.9. The lowest BCUT2D eigenvalue weighted by atomic mass is 10.0. The molecule has 0 radical (unpaired) electrons. The summed E-state index contributed by atoms with van der Waals surface area (Å²) in [6.07, 6.45) is -4.50. The molecule has 0 aliphatic rings. The van der Waals surface area contributed by atoms with Crippen molar-refractivity contribution in [1.82, 2.24) is 9.97 Å². The van der Waals surface area contributed by atoms with E-state index in [2.05, 4.69) is 9.97 Å². The van der Waals surface area contributed by atoms with Gasteiger partial charge in [0.2, 0.25) is 11.8 Å². The van der Waals surface area contributed by atoms with E-state index in [0.717, 1.165) is 0 Å². The van der Waals surface area contributed by atoms with Crippen LogP contribution >= 0.6 is 0 Å². The number of benzene rings is 2. The van der Waals surface area contributed by atoms with Gasteiger partial charge in [-0.15, -0.1) is 0 Å². The van der Waals surface area contributed by atoms with Crippen molar-refractivity contribution in [2.75, 3.05) is 12.3 Å². The molecule has 2 N–H and O–H groups in total. The zero-order valence-electron chi connectivity index (χ0n) is 12.1. The lowest BCUT2D eigenvalue weighted by Crippen LogP contribution is -2.20. The van der Waals surface area contributed by atoms with Crippen molar-refractivity contribution >= 4 is 16.9 Å². The fourth-order valence-electron chi connectivity index (χ4n) is 2.20. The number of nitrogens with zero attached hydrogens (tertiary/aromatic N) is 2. The van der Waals surface area contributed by atoms with Crippen LogP contribution in [0.25, 0.3) is 22.0 Å². The van der Waals surface area contributed by atoms with Crippen LogP contribution in [0.3, 0.4) is 0 Å². The zero-order valence-corrected chi connectivity index (χ0v) is 12.1. The van der Waals surface area contributed by atoms with Crippen molar-refractivity contribution in [2.45, 2.75) is 6.18 Å². The van der Waals surface area contributed by atoms with Crippen LogP contribution in [-0.2, 0) is 0 Å². The number of ether oxygens (including phenoxy) is 1. The minimum Gasteiger partial charge on any atom is -0.467 e. The van der Waals surface area contributed by atoms with Gasteiger partial charge in [0.15, 0.2) is 6.61 Å². The first-order valence-electron chi connectivity index (χ1n) is 6.84. The van der Waals surface area contributed by atoms with Gasteiger partial charge in [-0.3, -0.25) is 0 Å². The molecule has 0 aliphatic carbocycles. The average molecular weight is 337 g/mol. The maximum atomic E-state index is 13.0. The van der Waals surface area contributed by atoms with Crippen LogP contribution in [0.2, 0.25) is 0 Å². The van der Waals surface area contributed by atoms with Gasteiger partial charge in [0.25, 0.3) is 0 Å². The van der Waals surface area contributed by atoms with Crippen molar-refractivity contribution in [3.63, 3.8) is 0 Å². The van der Waals surface area contributed by atoms with Crippen molar-refractivity contribution in [3.8, 4) is 17.0 Å². The second kappa shape index (κ2) is 5.95. The zero-order chi connectivity index (χ0) is 17.3. The first-order chi connectivity index (χ1) is 11.3. The Morgan fingerprint density at radius 3 is 2.29 bits per heavy atom. The topological polar surface area (TPSA) is 61.0 Å². The number of alkyl halides is 3. The second-order valence-corrected chi connectivity index (χ2v) is 5.03. The third-order valence-electron chi connectivity index (χ3n) is 3.23. The van der Waals surface area contributed by atoms with E-state index in [0.29, 0.717) is 16.6 Å². The van der Waals surface area contributed by atoms with Crippen LogP contribution in [0.1, 0.15) is 0 Å². The number of nitrogen functional groups attached to an aromatic ring is 1. The van der Waals surface area contributed by atoms with E-state index in [4.69, 9.17) is 10.5 Å². The van der Waals surface area contributed by atoms with Crippen molar-refractivity contribution in [1.29, 1.82) is 0 Å². The Kier molecular flexibility index (Phi) is 3.96. The molecule has 1 heterocycles. The lowest BCUT2D eigenvalue weighted by molar-refractivity contribution is -0.153. The Morgan fingerprint density at radius 1 is 0.958 bits per heavy atom. The van der Waals surface area contributed by atoms with Gasteiger partial charge in [0, 0.05) is 0 Å². The van der Waals surface area contributed by atoms with Crippen LogP contribution in [-0.4, -0.2) is 22.8 Å². The number of halogens is 4. The highest BCUT2D eigenvalue weighted by atomic mass is 19.4. The highest BCUT2D eigenvalue weighted by Crippen LogP contribution is 2.30. The Hall–Kier alpha value is -2.90. The molecule has 1 aromatic heterocycles. The molecular formula is C16H11F4N3O. The van der Waals surface area contributed by atoms with E-state index in [-0.39, 0.29) is 23.0 Å². The quantitative estimate of drug-likeness (QED) is 0.735. The third-order valence-corrected chi connectivity index (χ3v) is 3.23. The van der Waals surface area contributed by atoms with Crippen molar-refractivity contribution in [2.24, 2.45) is 0 Å². The van der Waals surface area contributed by atoms with Crippen molar-refractivity contribution in [3.05, 3.63) is 48.3 Å². The van der Waals surface area contributed by atoms with Gasteiger partial charge in [-0.2, -0.15) is 18.2 Å². The molecule has 0 amide bonds.